The molecule has 0 aliphatic rings. The van der Waals surface area contributed by atoms with Gasteiger partial charge in [-0.2, -0.15) is 0 Å². The van der Waals surface area contributed by atoms with Crippen molar-refractivity contribution >= 4 is 17.4 Å². The molecular weight excluding hydrogens is 234 g/mol. The zero-order valence-corrected chi connectivity index (χ0v) is 10.2. The third-order valence-corrected chi connectivity index (χ3v) is 2.60. The number of alkyl halides is 1. The molecule has 4 heteroatoms. The predicted octanol–water partition coefficient (Wildman–Crippen LogP) is 2.87. The number of hydrogen-bond donors (Lipinski definition) is 1. The minimum absolute atomic E-state index is 0.554. The zero-order chi connectivity index (χ0) is 11.9. The van der Waals surface area contributed by atoms with E-state index in [4.69, 9.17) is 11.6 Å². The monoisotopic (exact) mass is 247 g/mol. The van der Waals surface area contributed by atoms with Gasteiger partial charge in [0.2, 0.25) is 0 Å². The van der Waals surface area contributed by atoms with Gasteiger partial charge in [-0.25, -0.2) is 4.98 Å². The smallest absolute Gasteiger partial charge is 0.148 e. The predicted molar refractivity (Wildman–Crippen MR) is 70.2 cm³/mol. The average Bonchev–Trinajstić information content (AvgIpc) is 2.39. The van der Waals surface area contributed by atoms with E-state index in [-0.39, 0.29) is 0 Å². The molecule has 0 atom stereocenters. The first-order valence-corrected chi connectivity index (χ1v) is 6.07. The summed E-state index contributed by atoms with van der Waals surface area (Å²) in [5, 5.41) is 3.28. The molecule has 0 fully saturated rings. The molecule has 1 aromatic heterocycles. The Morgan fingerprint density at radius 3 is 2.59 bits per heavy atom. The molecule has 1 N–H and O–H groups in total. The maximum atomic E-state index is 5.73. The van der Waals surface area contributed by atoms with Crippen molar-refractivity contribution in [3.63, 3.8) is 0 Å². The number of rotatable bonds is 5. The fraction of sp³-hybridized carbons (Fsp3) is 0.231. The number of anilines is 1. The fourth-order valence-corrected chi connectivity index (χ4v) is 1.75. The number of nitrogens with one attached hydrogen (secondary N) is 1. The maximum absolute atomic E-state index is 5.73. The highest BCUT2D eigenvalue weighted by molar-refractivity contribution is 6.18. The first-order valence-electron chi connectivity index (χ1n) is 5.54. The molecule has 2 aromatic rings. The Kier molecular flexibility index (Phi) is 4.33. The minimum atomic E-state index is 0.554. The Morgan fingerprint density at radius 2 is 1.82 bits per heavy atom. The average molecular weight is 248 g/mol. The molecule has 0 aliphatic heterocycles. The van der Waals surface area contributed by atoms with E-state index in [1.807, 2.05) is 18.2 Å². The van der Waals surface area contributed by atoms with E-state index in [9.17, 15) is 0 Å². The lowest BCUT2D eigenvalue weighted by Crippen LogP contribution is -2.06. The Hall–Kier alpha value is -1.61. The van der Waals surface area contributed by atoms with Crippen LogP contribution in [0.1, 0.15) is 11.3 Å². The van der Waals surface area contributed by atoms with Crippen molar-refractivity contribution < 1.29 is 0 Å². The quantitative estimate of drug-likeness (QED) is 0.826. The molecule has 3 nitrogen and oxygen atoms in total. The summed E-state index contributed by atoms with van der Waals surface area (Å²) >= 11 is 5.73. The lowest BCUT2D eigenvalue weighted by molar-refractivity contribution is 0.983. The van der Waals surface area contributed by atoms with Gasteiger partial charge in [0, 0.05) is 31.2 Å². The van der Waals surface area contributed by atoms with E-state index in [2.05, 4.69) is 27.4 Å². The van der Waals surface area contributed by atoms with Crippen LogP contribution in [0.2, 0.25) is 0 Å². The lowest BCUT2D eigenvalue weighted by Gasteiger charge is -2.08. The molecule has 0 saturated heterocycles. The molecule has 0 aliphatic carbocycles. The van der Waals surface area contributed by atoms with Gasteiger partial charge < -0.3 is 5.32 Å². The summed E-state index contributed by atoms with van der Waals surface area (Å²) < 4.78 is 0. The van der Waals surface area contributed by atoms with Crippen molar-refractivity contribution in [2.45, 2.75) is 13.0 Å². The number of aromatic nitrogens is 2. The van der Waals surface area contributed by atoms with E-state index in [1.54, 1.807) is 12.4 Å². The summed E-state index contributed by atoms with van der Waals surface area (Å²) in [4.78, 5) is 8.55. The number of hydrogen-bond acceptors (Lipinski definition) is 3. The van der Waals surface area contributed by atoms with Crippen LogP contribution in [-0.2, 0) is 13.0 Å². The van der Waals surface area contributed by atoms with E-state index in [1.165, 1.54) is 5.56 Å². The van der Waals surface area contributed by atoms with E-state index in [0.29, 0.717) is 5.88 Å². The number of benzene rings is 1. The fourth-order valence-electron chi connectivity index (χ4n) is 1.57. The SMILES string of the molecule is ClCCc1nccnc1NCc1ccccc1. The second-order valence-corrected chi connectivity index (χ2v) is 4.01. The Balaban J connectivity index is 2.03. The molecule has 2 rings (SSSR count). The number of aryl methyl sites for hydroxylation is 1. The second-order valence-electron chi connectivity index (χ2n) is 3.63. The molecule has 0 radical (unpaired) electrons. The molecule has 17 heavy (non-hydrogen) atoms. The number of halogens is 1. The summed E-state index contributed by atoms with van der Waals surface area (Å²) in [6.45, 7) is 0.745. The summed E-state index contributed by atoms with van der Waals surface area (Å²) in [6, 6.07) is 10.2. The van der Waals surface area contributed by atoms with Crippen LogP contribution in [0.15, 0.2) is 42.7 Å². The molecular formula is C13H14ClN3. The van der Waals surface area contributed by atoms with Gasteiger partial charge in [0.1, 0.15) is 5.82 Å². The molecule has 1 heterocycles. The second kappa shape index (κ2) is 6.21. The minimum Gasteiger partial charge on any atom is -0.364 e. The third kappa shape index (κ3) is 3.43. The van der Waals surface area contributed by atoms with Crippen LogP contribution in [0.3, 0.4) is 0 Å². The Morgan fingerprint density at radius 1 is 1.06 bits per heavy atom. The molecule has 88 valence electrons. The van der Waals surface area contributed by atoms with Gasteiger partial charge in [-0.15, -0.1) is 11.6 Å². The number of nitrogens with zero attached hydrogens (tertiary/aromatic N) is 2. The molecule has 0 amide bonds. The van der Waals surface area contributed by atoms with Crippen molar-refractivity contribution in [2.24, 2.45) is 0 Å². The van der Waals surface area contributed by atoms with E-state index >= 15 is 0 Å². The highest BCUT2D eigenvalue weighted by atomic mass is 35.5. The van der Waals surface area contributed by atoms with Gasteiger partial charge in [-0.3, -0.25) is 4.98 Å². The van der Waals surface area contributed by atoms with Gasteiger partial charge in [0.25, 0.3) is 0 Å². The van der Waals surface area contributed by atoms with Gasteiger partial charge in [0.15, 0.2) is 0 Å². The van der Waals surface area contributed by atoms with Gasteiger partial charge in [-0.05, 0) is 5.56 Å². The van der Waals surface area contributed by atoms with Gasteiger partial charge in [-0.1, -0.05) is 30.3 Å². The lowest BCUT2D eigenvalue weighted by atomic mass is 10.2. The highest BCUT2D eigenvalue weighted by Crippen LogP contribution is 2.11. The van der Waals surface area contributed by atoms with Crippen LogP contribution in [0, 0.1) is 0 Å². The topological polar surface area (TPSA) is 37.8 Å². The Bertz CT molecular complexity index is 459. The summed E-state index contributed by atoms with van der Waals surface area (Å²) in [5.41, 5.74) is 2.13. The Labute approximate surface area is 106 Å². The maximum Gasteiger partial charge on any atom is 0.148 e. The van der Waals surface area contributed by atoms with Crippen LogP contribution in [-0.4, -0.2) is 15.8 Å². The molecule has 0 spiro atoms. The van der Waals surface area contributed by atoms with Crippen molar-refractivity contribution in [3.8, 4) is 0 Å². The standard InChI is InChI=1S/C13H14ClN3/c14-7-6-12-13(16-9-8-15-12)17-10-11-4-2-1-3-5-11/h1-5,8-9H,6-7,10H2,(H,16,17). The third-order valence-electron chi connectivity index (χ3n) is 2.41. The molecule has 1 aromatic carbocycles. The highest BCUT2D eigenvalue weighted by Gasteiger charge is 2.03. The van der Waals surface area contributed by atoms with Crippen molar-refractivity contribution in [3.05, 3.63) is 54.0 Å². The van der Waals surface area contributed by atoms with Crippen LogP contribution < -0.4 is 5.32 Å². The summed E-state index contributed by atoms with van der Waals surface area (Å²) in [6.07, 6.45) is 4.10. The van der Waals surface area contributed by atoms with Crippen LogP contribution in [0.25, 0.3) is 0 Å². The normalized spacial score (nSPS) is 10.2. The van der Waals surface area contributed by atoms with Gasteiger partial charge in [0.05, 0.1) is 5.69 Å². The summed E-state index contributed by atoms with van der Waals surface area (Å²) in [7, 11) is 0. The molecule has 0 unspecified atom stereocenters. The zero-order valence-electron chi connectivity index (χ0n) is 9.44. The molecule has 0 saturated carbocycles. The van der Waals surface area contributed by atoms with Crippen LogP contribution in [0.4, 0.5) is 5.82 Å². The summed E-state index contributed by atoms with van der Waals surface area (Å²) in [5.74, 6) is 1.37. The largest absolute Gasteiger partial charge is 0.364 e. The van der Waals surface area contributed by atoms with Gasteiger partial charge >= 0.3 is 0 Å². The van der Waals surface area contributed by atoms with Crippen LogP contribution in [0.5, 0.6) is 0 Å². The van der Waals surface area contributed by atoms with E-state index < -0.39 is 0 Å². The first kappa shape index (κ1) is 11.9. The molecule has 0 bridgehead atoms. The van der Waals surface area contributed by atoms with Crippen LogP contribution >= 0.6 is 11.6 Å². The van der Waals surface area contributed by atoms with Crippen molar-refractivity contribution in [1.29, 1.82) is 0 Å². The van der Waals surface area contributed by atoms with Crippen molar-refractivity contribution in [1.82, 2.24) is 9.97 Å². The first-order chi connectivity index (χ1) is 8.40. The van der Waals surface area contributed by atoms with Crippen molar-refractivity contribution in [2.75, 3.05) is 11.2 Å². The van der Waals surface area contributed by atoms with E-state index in [0.717, 1.165) is 24.5 Å².